The van der Waals surface area contributed by atoms with Crippen molar-refractivity contribution in [2.45, 2.75) is 31.7 Å². The lowest BCUT2D eigenvalue weighted by atomic mass is 10.0. The second-order valence-corrected chi connectivity index (χ2v) is 6.50. The van der Waals surface area contributed by atoms with Gasteiger partial charge in [0.05, 0.1) is 6.04 Å². The lowest BCUT2D eigenvalue weighted by molar-refractivity contribution is 0.0931. The van der Waals surface area contributed by atoms with E-state index in [1.54, 1.807) is 12.1 Å². The number of likely N-dealkylation sites (tertiary alicyclic amines) is 1. The lowest BCUT2D eigenvalue weighted by Crippen LogP contribution is -2.39. The first-order valence-corrected chi connectivity index (χ1v) is 9.00. The van der Waals surface area contributed by atoms with Crippen LogP contribution < -0.4 is 10.9 Å². The van der Waals surface area contributed by atoms with Crippen LogP contribution in [-0.2, 0) is 0 Å². The highest BCUT2D eigenvalue weighted by atomic mass is 16.2. The summed E-state index contributed by atoms with van der Waals surface area (Å²) >= 11 is 0. The first kappa shape index (κ1) is 17.4. The molecule has 0 saturated carbocycles. The van der Waals surface area contributed by atoms with Gasteiger partial charge < -0.3 is 10.3 Å². The van der Waals surface area contributed by atoms with E-state index >= 15 is 0 Å². The van der Waals surface area contributed by atoms with Gasteiger partial charge in [0.1, 0.15) is 5.56 Å². The van der Waals surface area contributed by atoms with Gasteiger partial charge in [-0.1, -0.05) is 43.2 Å². The number of amides is 1. The van der Waals surface area contributed by atoms with Crippen molar-refractivity contribution >= 4 is 5.91 Å². The number of carbonyl (C=O) groups is 1. The number of hydrogen-bond acceptors (Lipinski definition) is 3. The molecule has 1 aromatic carbocycles. The van der Waals surface area contributed by atoms with E-state index in [0.29, 0.717) is 6.54 Å². The van der Waals surface area contributed by atoms with Crippen LogP contribution in [0.5, 0.6) is 0 Å². The van der Waals surface area contributed by atoms with Gasteiger partial charge in [0.2, 0.25) is 0 Å². The number of benzene rings is 1. The highest BCUT2D eigenvalue weighted by molar-refractivity contribution is 5.93. The van der Waals surface area contributed by atoms with Crippen molar-refractivity contribution in [3.63, 3.8) is 0 Å². The van der Waals surface area contributed by atoms with E-state index in [2.05, 4.69) is 27.3 Å². The van der Waals surface area contributed by atoms with Gasteiger partial charge in [-0.05, 0) is 43.6 Å². The van der Waals surface area contributed by atoms with Crippen molar-refractivity contribution in [1.29, 1.82) is 0 Å². The average Bonchev–Trinajstić information content (AvgIpc) is 2.92. The Balaban J connectivity index is 1.74. The van der Waals surface area contributed by atoms with Gasteiger partial charge in [-0.3, -0.25) is 14.5 Å². The number of H-pyrrole nitrogens is 1. The lowest BCUT2D eigenvalue weighted by Gasteiger charge is -2.31. The maximum atomic E-state index is 12.4. The molecule has 1 saturated heterocycles. The Hall–Kier alpha value is -2.40. The van der Waals surface area contributed by atoms with E-state index in [4.69, 9.17) is 0 Å². The van der Waals surface area contributed by atoms with Crippen LogP contribution in [0.4, 0.5) is 0 Å². The molecule has 0 unspecified atom stereocenters. The molecule has 0 bridgehead atoms. The van der Waals surface area contributed by atoms with Crippen LogP contribution in [-0.4, -0.2) is 35.4 Å². The topological polar surface area (TPSA) is 65.2 Å². The molecule has 1 atom stereocenters. The van der Waals surface area contributed by atoms with Gasteiger partial charge >= 0.3 is 0 Å². The minimum Gasteiger partial charge on any atom is -0.350 e. The number of aromatic nitrogens is 1. The predicted molar refractivity (Wildman–Crippen MR) is 98.6 cm³/mol. The molecule has 1 aliphatic heterocycles. The number of nitrogens with zero attached hydrogens (tertiary/aromatic N) is 1. The Morgan fingerprint density at radius 2 is 1.76 bits per heavy atom. The summed E-state index contributed by atoms with van der Waals surface area (Å²) in [6.07, 6.45) is 6.45. The van der Waals surface area contributed by atoms with Gasteiger partial charge in [0.25, 0.3) is 11.5 Å². The molecule has 0 radical (unpaired) electrons. The zero-order chi connectivity index (χ0) is 17.5. The van der Waals surface area contributed by atoms with Crippen LogP contribution >= 0.6 is 0 Å². The number of aromatic amines is 1. The minimum absolute atomic E-state index is 0.131. The fourth-order valence-electron chi connectivity index (χ4n) is 3.42. The molecule has 1 aliphatic rings. The van der Waals surface area contributed by atoms with Gasteiger partial charge in [-0.15, -0.1) is 0 Å². The third kappa shape index (κ3) is 4.57. The molecule has 132 valence electrons. The molecule has 0 aliphatic carbocycles. The summed E-state index contributed by atoms with van der Waals surface area (Å²) in [5.74, 6) is -0.322. The fourth-order valence-corrected chi connectivity index (χ4v) is 3.42. The zero-order valence-electron chi connectivity index (χ0n) is 14.4. The molecule has 5 heteroatoms. The molecule has 1 aromatic heterocycles. The van der Waals surface area contributed by atoms with Crippen molar-refractivity contribution in [3.05, 3.63) is 70.1 Å². The van der Waals surface area contributed by atoms with E-state index in [-0.39, 0.29) is 23.1 Å². The van der Waals surface area contributed by atoms with Crippen molar-refractivity contribution in [1.82, 2.24) is 15.2 Å². The Morgan fingerprint density at radius 1 is 1.04 bits per heavy atom. The van der Waals surface area contributed by atoms with Gasteiger partial charge in [-0.25, -0.2) is 0 Å². The zero-order valence-corrected chi connectivity index (χ0v) is 14.4. The second-order valence-electron chi connectivity index (χ2n) is 6.50. The molecule has 25 heavy (non-hydrogen) atoms. The summed E-state index contributed by atoms with van der Waals surface area (Å²) in [5.41, 5.74) is 1.00. The van der Waals surface area contributed by atoms with E-state index < -0.39 is 0 Å². The number of rotatable bonds is 5. The number of pyridine rings is 1. The predicted octanol–water partition coefficient (Wildman–Crippen LogP) is 2.72. The molecule has 2 N–H and O–H groups in total. The van der Waals surface area contributed by atoms with Gasteiger partial charge in [-0.2, -0.15) is 0 Å². The van der Waals surface area contributed by atoms with Crippen LogP contribution in [0.15, 0.2) is 53.5 Å². The quantitative estimate of drug-likeness (QED) is 0.880. The molecule has 2 heterocycles. The van der Waals surface area contributed by atoms with E-state index in [0.717, 1.165) is 13.1 Å². The molecule has 1 amide bonds. The summed E-state index contributed by atoms with van der Waals surface area (Å²) in [6.45, 7) is 2.58. The Bertz CT molecular complexity index is 734. The van der Waals surface area contributed by atoms with Crippen LogP contribution in [0.3, 0.4) is 0 Å². The third-order valence-corrected chi connectivity index (χ3v) is 4.78. The molecular formula is C20H25N3O2. The standard InChI is InChI=1S/C20H25N3O2/c24-19-17(11-8-12-21-19)20(25)22-15-18(16-9-4-3-5-10-16)23-13-6-1-2-7-14-23/h3-5,8-12,18H,1-2,6-7,13-15H2,(H,21,24)(H,22,25)/t18-/m0/s1. The molecule has 2 aromatic rings. The SMILES string of the molecule is O=C(NC[C@@H](c1ccccc1)N1CCCCCC1)c1ccc[nH]c1=O. The van der Waals surface area contributed by atoms with Crippen LogP contribution in [0, 0.1) is 0 Å². The summed E-state index contributed by atoms with van der Waals surface area (Å²) in [7, 11) is 0. The number of hydrogen-bond donors (Lipinski definition) is 2. The normalized spacial score (nSPS) is 16.8. The average molecular weight is 339 g/mol. The molecular weight excluding hydrogens is 314 g/mol. The van der Waals surface area contributed by atoms with Crippen molar-refractivity contribution < 1.29 is 4.79 Å². The molecule has 0 spiro atoms. The van der Waals surface area contributed by atoms with Crippen molar-refractivity contribution in [2.24, 2.45) is 0 Å². The molecule has 3 rings (SSSR count). The smallest absolute Gasteiger partial charge is 0.260 e. The first-order valence-electron chi connectivity index (χ1n) is 9.00. The van der Waals surface area contributed by atoms with Crippen molar-refractivity contribution in [3.8, 4) is 0 Å². The number of carbonyl (C=O) groups excluding carboxylic acids is 1. The largest absolute Gasteiger partial charge is 0.350 e. The fraction of sp³-hybridized carbons (Fsp3) is 0.400. The maximum absolute atomic E-state index is 12.4. The Morgan fingerprint density at radius 3 is 2.44 bits per heavy atom. The first-order chi connectivity index (χ1) is 12.3. The molecule has 1 fully saturated rings. The Labute approximate surface area is 148 Å². The highest BCUT2D eigenvalue weighted by Gasteiger charge is 2.22. The molecule has 5 nitrogen and oxygen atoms in total. The van der Waals surface area contributed by atoms with E-state index in [1.165, 1.54) is 37.4 Å². The number of nitrogens with one attached hydrogen (secondary N) is 2. The van der Waals surface area contributed by atoms with Crippen molar-refractivity contribution in [2.75, 3.05) is 19.6 Å². The van der Waals surface area contributed by atoms with Crippen LogP contribution in [0.25, 0.3) is 0 Å². The maximum Gasteiger partial charge on any atom is 0.260 e. The van der Waals surface area contributed by atoms with Crippen LogP contribution in [0.1, 0.15) is 47.6 Å². The van der Waals surface area contributed by atoms with E-state index in [9.17, 15) is 9.59 Å². The highest BCUT2D eigenvalue weighted by Crippen LogP contribution is 2.23. The minimum atomic E-state index is -0.356. The third-order valence-electron chi connectivity index (χ3n) is 4.78. The van der Waals surface area contributed by atoms with E-state index in [1.807, 2.05) is 18.2 Å². The van der Waals surface area contributed by atoms with Crippen LogP contribution in [0.2, 0.25) is 0 Å². The second kappa shape index (κ2) is 8.62. The monoisotopic (exact) mass is 339 g/mol. The van der Waals surface area contributed by atoms with Gasteiger partial charge in [0, 0.05) is 12.7 Å². The summed E-state index contributed by atoms with van der Waals surface area (Å²) < 4.78 is 0. The van der Waals surface area contributed by atoms with Gasteiger partial charge in [0.15, 0.2) is 0 Å². The summed E-state index contributed by atoms with van der Waals surface area (Å²) in [6, 6.07) is 13.6. The summed E-state index contributed by atoms with van der Waals surface area (Å²) in [5, 5.41) is 2.96. The summed E-state index contributed by atoms with van der Waals surface area (Å²) in [4.78, 5) is 29.2. The Kier molecular flexibility index (Phi) is 6.01.